The average Bonchev–Trinajstić information content (AvgIpc) is 2.26. The molecule has 20 heavy (non-hydrogen) atoms. The maximum Gasteiger partial charge on any atom is 0.431 e. The van der Waals surface area contributed by atoms with E-state index in [2.05, 4.69) is 0 Å². The minimum atomic E-state index is -6.15. The third-order valence-corrected chi connectivity index (χ3v) is 2.49. The van der Waals surface area contributed by atoms with Crippen LogP contribution in [0.5, 0.6) is 0 Å². The Morgan fingerprint density at radius 2 is 1.30 bits per heavy atom. The molecular formula is C10H6F7NO2. The predicted molar refractivity (Wildman–Crippen MR) is 52.7 cm³/mol. The van der Waals surface area contributed by atoms with E-state index in [1.54, 1.807) is 0 Å². The fourth-order valence-electron chi connectivity index (χ4n) is 1.38. The van der Waals surface area contributed by atoms with Gasteiger partial charge in [0.25, 0.3) is 5.69 Å². The number of non-ortho nitro benzene ring substituents is 1. The van der Waals surface area contributed by atoms with Crippen LogP contribution in [0.3, 0.4) is 0 Å². The maximum absolute atomic E-state index is 13.4. The van der Waals surface area contributed by atoms with Crippen molar-refractivity contribution in [2.24, 2.45) is 0 Å². The molecule has 0 aromatic heterocycles. The highest BCUT2D eigenvalue weighted by Gasteiger charge is 2.72. The van der Waals surface area contributed by atoms with Gasteiger partial charge in [0, 0.05) is 18.6 Å². The van der Waals surface area contributed by atoms with E-state index < -0.39 is 40.6 Å². The van der Waals surface area contributed by atoms with Crippen molar-refractivity contribution in [2.75, 3.05) is 0 Å². The zero-order valence-electron chi connectivity index (χ0n) is 9.43. The quantitative estimate of drug-likeness (QED) is 0.482. The molecule has 1 aromatic carbocycles. The molecule has 0 aliphatic heterocycles. The zero-order valence-corrected chi connectivity index (χ0v) is 9.43. The summed E-state index contributed by atoms with van der Waals surface area (Å²) < 4.78 is 87.1. The summed E-state index contributed by atoms with van der Waals surface area (Å²) in [4.78, 5) is 9.40. The standard InChI is InChI=1S/C10H6F7NO2/c11-8(9(12,13)14,10(15,16)17)5-6-1-3-7(4-2-6)18(19)20/h1-4H,5H2. The summed E-state index contributed by atoms with van der Waals surface area (Å²) in [7, 11) is 0. The molecule has 0 spiro atoms. The molecule has 0 heterocycles. The minimum absolute atomic E-state index is 0.530. The highest BCUT2D eigenvalue weighted by molar-refractivity contribution is 5.33. The SMILES string of the molecule is O=[N+]([O-])c1ccc(CC(F)(C(F)(F)F)C(F)(F)F)cc1. The second-order valence-corrected chi connectivity index (χ2v) is 3.90. The van der Waals surface area contributed by atoms with Crippen LogP contribution in [0.15, 0.2) is 24.3 Å². The molecule has 0 saturated heterocycles. The number of benzene rings is 1. The molecule has 0 saturated carbocycles. The summed E-state index contributed by atoms with van der Waals surface area (Å²) in [6, 6.07) is 2.68. The molecule has 0 amide bonds. The molecule has 0 bridgehead atoms. The Bertz CT molecular complexity index is 478. The van der Waals surface area contributed by atoms with Crippen molar-refractivity contribution in [1.82, 2.24) is 0 Å². The van der Waals surface area contributed by atoms with Gasteiger partial charge in [-0.1, -0.05) is 12.1 Å². The maximum atomic E-state index is 13.4. The molecule has 112 valence electrons. The Hall–Kier alpha value is -1.87. The number of halogens is 7. The van der Waals surface area contributed by atoms with E-state index in [-0.39, 0.29) is 0 Å². The molecule has 0 aliphatic rings. The molecule has 0 aliphatic carbocycles. The zero-order chi connectivity index (χ0) is 15.8. The van der Waals surface area contributed by atoms with Crippen LogP contribution in [-0.2, 0) is 6.42 Å². The van der Waals surface area contributed by atoms with Gasteiger partial charge in [0.05, 0.1) is 4.92 Å². The average molecular weight is 305 g/mol. The number of nitro benzene ring substituents is 1. The number of hydrogen-bond acceptors (Lipinski definition) is 2. The van der Waals surface area contributed by atoms with E-state index in [1.165, 1.54) is 0 Å². The minimum Gasteiger partial charge on any atom is -0.258 e. The number of rotatable bonds is 3. The third-order valence-electron chi connectivity index (χ3n) is 2.49. The number of nitrogens with zero attached hydrogens (tertiary/aromatic N) is 1. The number of nitro groups is 1. The van der Waals surface area contributed by atoms with Gasteiger partial charge in [-0.2, -0.15) is 26.3 Å². The van der Waals surface area contributed by atoms with Crippen molar-refractivity contribution >= 4 is 5.69 Å². The van der Waals surface area contributed by atoms with Gasteiger partial charge >= 0.3 is 18.0 Å². The summed E-state index contributed by atoms with van der Waals surface area (Å²) in [5.74, 6) is 0. The summed E-state index contributed by atoms with van der Waals surface area (Å²) in [6.45, 7) is 0. The van der Waals surface area contributed by atoms with Gasteiger partial charge < -0.3 is 0 Å². The van der Waals surface area contributed by atoms with Crippen molar-refractivity contribution in [3.05, 3.63) is 39.9 Å². The lowest BCUT2D eigenvalue weighted by Crippen LogP contribution is -2.54. The molecule has 10 heteroatoms. The Morgan fingerprint density at radius 1 is 0.900 bits per heavy atom. The molecule has 1 rings (SSSR count). The molecule has 1 aromatic rings. The molecule has 3 nitrogen and oxygen atoms in total. The second kappa shape index (κ2) is 4.91. The van der Waals surface area contributed by atoms with E-state index in [1.807, 2.05) is 0 Å². The molecule has 0 fully saturated rings. The van der Waals surface area contributed by atoms with Crippen LogP contribution in [0.25, 0.3) is 0 Å². The van der Waals surface area contributed by atoms with E-state index in [9.17, 15) is 40.8 Å². The smallest absolute Gasteiger partial charge is 0.258 e. The highest BCUT2D eigenvalue weighted by atomic mass is 19.4. The lowest BCUT2D eigenvalue weighted by molar-refractivity contribution is -0.384. The predicted octanol–water partition coefficient (Wildman–Crippen LogP) is 3.97. The van der Waals surface area contributed by atoms with Gasteiger partial charge in [0.1, 0.15) is 0 Å². The van der Waals surface area contributed by atoms with E-state index >= 15 is 0 Å². The van der Waals surface area contributed by atoms with E-state index in [0.29, 0.717) is 24.3 Å². The fraction of sp³-hybridized carbons (Fsp3) is 0.400. The van der Waals surface area contributed by atoms with Crippen molar-refractivity contribution in [3.8, 4) is 0 Å². The van der Waals surface area contributed by atoms with Crippen LogP contribution in [0.4, 0.5) is 36.4 Å². The molecule has 0 radical (unpaired) electrons. The van der Waals surface area contributed by atoms with E-state index in [0.717, 1.165) is 0 Å². The summed E-state index contributed by atoms with van der Waals surface area (Å²) in [5.41, 5.74) is -6.60. The first-order valence-corrected chi connectivity index (χ1v) is 4.94. The highest BCUT2D eigenvalue weighted by Crippen LogP contribution is 2.48. The topological polar surface area (TPSA) is 43.1 Å². The first-order chi connectivity index (χ1) is 8.88. The second-order valence-electron chi connectivity index (χ2n) is 3.90. The first-order valence-electron chi connectivity index (χ1n) is 4.94. The fourth-order valence-corrected chi connectivity index (χ4v) is 1.38. The summed E-state index contributed by atoms with van der Waals surface area (Å²) >= 11 is 0. The molecule has 0 N–H and O–H groups in total. The molecule has 0 unspecified atom stereocenters. The van der Waals surface area contributed by atoms with Crippen molar-refractivity contribution in [3.63, 3.8) is 0 Å². The Morgan fingerprint density at radius 3 is 1.60 bits per heavy atom. The number of hydrogen-bond donors (Lipinski definition) is 0. The van der Waals surface area contributed by atoms with Crippen LogP contribution >= 0.6 is 0 Å². The Balaban J connectivity index is 3.12. The van der Waals surface area contributed by atoms with Crippen molar-refractivity contribution in [2.45, 2.75) is 24.4 Å². The van der Waals surface area contributed by atoms with Crippen molar-refractivity contribution < 1.29 is 35.7 Å². The third kappa shape index (κ3) is 2.99. The summed E-state index contributed by atoms with van der Waals surface area (Å²) in [6.07, 6.45) is -14.3. The lowest BCUT2D eigenvalue weighted by atomic mass is 9.95. The first kappa shape index (κ1) is 16.2. The largest absolute Gasteiger partial charge is 0.431 e. The van der Waals surface area contributed by atoms with Crippen LogP contribution < -0.4 is 0 Å². The van der Waals surface area contributed by atoms with Crippen LogP contribution in [0.1, 0.15) is 5.56 Å². The van der Waals surface area contributed by atoms with Crippen LogP contribution in [-0.4, -0.2) is 22.9 Å². The van der Waals surface area contributed by atoms with Gasteiger partial charge in [-0.3, -0.25) is 10.1 Å². The Kier molecular flexibility index (Phi) is 3.97. The van der Waals surface area contributed by atoms with Crippen LogP contribution in [0, 0.1) is 10.1 Å². The lowest BCUT2D eigenvalue weighted by Gasteiger charge is -2.29. The van der Waals surface area contributed by atoms with Gasteiger partial charge in [-0.05, 0) is 5.56 Å². The van der Waals surface area contributed by atoms with Crippen LogP contribution in [0.2, 0.25) is 0 Å². The molecule has 0 atom stereocenters. The Labute approximate surface area is 107 Å². The van der Waals surface area contributed by atoms with Gasteiger partial charge in [-0.15, -0.1) is 0 Å². The normalized spacial score (nSPS) is 13.3. The molecular weight excluding hydrogens is 299 g/mol. The summed E-state index contributed by atoms with van der Waals surface area (Å²) in [5, 5.41) is 10.3. The van der Waals surface area contributed by atoms with Gasteiger partial charge in [0.15, 0.2) is 0 Å². The van der Waals surface area contributed by atoms with Gasteiger partial charge in [0.2, 0.25) is 0 Å². The monoisotopic (exact) mass is 305 g/mol. The van der Waals surface area contributed by atoms with E-state index in [4.69, 9.17) is 0 Å². The van der Waals surface area contributed by atoms with Crippen molar-refractivity contribution in [1.29, 1.82) is 0 Å². The number of alkyl halides is 7. The van der Waals surface area contributed by atoms with Gasteiger partial charge in [-0.25, -0.2) is 4.39 Å².